The molecule has 1 aromatic rings. The quantitative estimate of drug-likeness (QED) is 0.438. The summed E-state index contributed by atoms with van der Waals surface area (Å²) in [4.78, 5) is 3.51. The lowest BCUT2D eigenvalue weighted by Crippen LogP contribution is -1.99. The SMILES string of the molecule is CC(C)(C)C#Cc1cccnc1F. The molecule has 1 rings (SSSR count). The highest BCUT2D eigenvalue weighted by Gasteiger charge is 2.04. The fourth-order valence-electron chi connectivity index (χ4n) is 0.734. The molecule has 0 atom stereocenters. The maximum atomic E-state index is 13.0. The molecule has 0 aliphatic heterocycles. The van der Waals surface area contributed by atoms with Gasteiger partial charge < -0.3 is 0 Å². The molecule has 0 amide bonds. The van der Waals surface area contributed by atoms with E-state index in [2.05, 4.69) is 16.8 Å². The molecule has 2 heteroatoms. The Labute approximate surface area is 78.0 Å². The summed E-state index contributed by atoms with van der Waals surface area (Å²) in [5.74, 6) is 5.21. The average molecular weight is 177 g/mol. The molecule has 13 heavy (non-hydrogen) atoms. The lowest BCUT2D eigenvalue weighted by atomic mass is 9.97. The topological polar surface area (TPSA) is 12.9 Å². The van der Waals surface area contributed by atoms with Gasteiger partial charge in [-0.05, 0) is 32.9 Å². The molecule has 0 saturated carbocycles. The normalized spacial score (nSPS) is 10.5. The van der Waals surface area contributed by atoms with Crippen LogP contribution in [-0.4, -0.2) is 4.98 Å². The highest BCUT2D eigenvalue weighted by molar-refractivity contribution is 5.33. The second kappa shape index (κ2) is 3.57. The molecule has 68 valence electrons. The van der Waals surface area contributed by atoms with Crippen LogP contribution in [0, 0.1) is 23.2 Å². The summed E-state index contributed by atoms with van der Waals surface area (Å²) >= 11 is 0. The van der Waals surface area contributed by atoms with Crippen molar-refractivity contribution in [1.82, 2.24) is 4.98 Å². The molecule has 1 heterocycles. The zero-order valence-corrected chi connectivity index (χ0v) is 8.06. The first-order chi connectivity index (χ1) is 5.99. The molecule has 0 aliphatic rings. The van der Waals surface area contributed by atoms with Crippen molar-refractivity contribution in [3.05, 3.63) is 29.8 Å². The number of nitrogens with zero attached hydrogens (tertiary/aromatic N) is 1. The van der Waals surface area contributed by atoms with E-state index < -0.39 is 5.95 Å². The number of hydrogen-bond acceptors (Lipinski definition) is 1. The lowest BCUT2D eigenvalue weighted by molar-refractivity contribution is 0.568. The molecule has 0 radical (unpaired) electrons. The van der Waals surface area contributed by atoms with Crippen molar-refractivity contribution in [3.8, 4) is 11.8 Å². The molecule has 0 spiro atoms. The molecule has 0 unspecified atom stereocenters. The van der Waals surface area contributed by atoms with Crippen LogP contribution in [0.5, 0.6) is 0 Å². The minimum atomic E-state index is -0.501. The number of hydrogen-bond donors (Lipinski definition) is 0. The standard InChI is InChI=1S/C11H12FN/c1-11(2,3)7-6-9-5-4-8-13-10(9)12/h4-5,8H,1-3H3. The first kappa shape index (κ1) is 9.73. The van der Waals surface area contributed by atoms with Gasteiger partial charge in [0, 0.05) is 11.6 Å². The van der Waals surface area contributed by atoms with Gasteiger partial charge in [-0.25, -0.2) is 4.98 Å². The fraction of sp³-hybridized carbons (Fsp3) is 0.364. The van der Waals surface area contributed by atoms with E-state index in [4.69, 9.17) is 0 Å². The van der Waals surface area contributed by atoms with Gasteiger partial charge in [0.25, 0.3) is 0 Å². The molecular weight excluding hydrogens is 165 g/mol. The molecule has 0 aromatic carbocycles. The first-order valence-electron chi connectivity index (χ1n) is 4.13. The molecule has 1 aromatic heterocycles. The van der Waals surface area contributed by atoms with Crippen LogP contribution in [0.3, 0.4) is 0 Å². The van der Waals surface area contributed by atoms with Gasteiger partial charge in [0.1, 0.15) is 0 Å². The van der Waals surface area contributed by atoms with Crippen LogP contribution < -0.4 is 0 Å². The summed E-state index contributed by atoms with van der Waals surface area (Å²) in [6.45, 7) is 5.94. The summed E-state index contributed by atoms with van der Waals surface area (Å²) in [7, 11) is 0. The van der Waals surface area contributed by atoms with Crippen LogP contribution in [0.25, 0.3) is 0 Å². The van der Waals surface area contributed by atoms with Gasteiger partial charge in [-0.1, -0.05) is 11.8 Å². The Morgan fingerprint density at radius 3 is 2.62 bits per heavy atom. The Morgan fingerprint density at radius 2 is 2.08 bits per heavy atom. The van der Waals surface area contributed by atoms with E-state index in [1.54, 1.807) is 12.1 Å². The van der Waals surface area contributed by atoms with Crippen LogP contribution in [0.4, 0.5) is 4.39 Å². The van der Waals surface area contributed by atoms with Gasteiger partial charge in [0.15, 0.2) is 0 Å². The Bertz CT molecular complexity index is 352. The second-order valence-corrected chi connectivity index (χ2v) is 3.84. The number of halogens is 1. The fourth-order valence-corrected chi connectivity index (χ4v) is 0.734. The van der Waals surface area contributed by atoms with Crippen molar-refractivity contribution in [2.75, 3.05) is 0 Å². The molecule has 1 nitrogen and oxygen atoms in total. The molecule has 0 N–H and O–H groups in total. The summed E-state index contributed by atoms with van der Waals surface area (Å²) in [6.07, 6.45) is 1.41. The Kier molecular flexibility index (Phi) is 2.67. The zero-order chi connectivity index (χ0) is 9.90. The van der Waals surface area contributed by atoms with Crippen LogP contribution in [0.1, 0.15) is 26.3 Å². The Balaban J connectivity index is 2.97. The van der Waals surface area contributed by atoms with E-state index in [0.717, 1.165) is 0 Å². The van der Waals surface area contributed by atoms with E-state index >= 15 is 0 Å². The van der Waals surface area contributed by atoms with Crippen molar-refractivity contribution in [3.63, 3.8) is 0 Å². The molecule has 0 bridgehead atoms. The van der Waals surface area contributed by atoms with Crippen LogP contribution in [0.2, 0.25) is 0 Å². The smallest absolute Gasteiger partial charge is 0.227 e. The maximum Gasteiger partial charge on any atom is 0.228 e. The number of rotatable bonds is 0. The number of aromatic nitrogens is 1. The van der Waals surface area contributed by atoms with Gasteiger partial charge in [-0.3, -0.25) is 0 Å². The highest BCUT2D eigenvalue weighted by atomic mass is 19.1. The van der Waals surface area contributed by atoms with Gasteiger partial charge in [-0.15, -0.1) is 0 Å². The van der Waals surface area contributed by atoms with Gasteiger partial charge in [-0.2, -0.15) is 4.39 Å². The third-order valence-corrected chi connectivity index (χ3v) is 1.33. The average Bonchev–Trinajstić information content (AvgIpc) is 2.01. The van der Waals surface area contributed by atoms with Gasteiger partial charge in [0.2, 0.25) is 5.95 Å². The van der Waals surface area contributed by atoms with Crippen molar-refractivity contribution < 1.29 is 4.39 Å². The van der Waals surface area contributed by atoms with E-state index in [1.807, 2.05) is 20.8 Å². The predicted molar refractivity (Wildman–Crippen MR) is 50.5 cm³/mol. The second-order valence-electron chi connectivity index (χ2n) is 3.84. The first-order valence-corrected chi connectivity index (χ1v) is 4.13. The van der Waals surface area contributed by atoms with E-state index in [1.165, 1.54) is 6.20 Å². The summed E-state index contributed by atoms with van der Waals surface area (Å²) in [6, 6.07) is 3.30. The highest BCUT2D eigenvalue weighted by Crippen LogP contribution is 2.11. The minimum absolute atomic E-state index is 0.109. The minimum Gasteiger partial charge on any atom is -0.227 e. The number of pyridine rings is 1. The monoisotopic (exact) mass is 177 g/mol. The molecule has 0 aliphatic carbocycles. The van der Waals surface area contributed by atoms with E-state index in [0.29, 0.717) is 5.56 Å². The van der Waals surface area contributed by atoms with Crippen LogP contribution >= 0.6 is 0 Å². The van der Waals surface area contributed by atoms with Gasteiger partial charge in [0.05, 0.1) is 5.56 Å². The summed E-state index contributed by atoms with van der Waals surface area (Å²) < 4.78 is 13.0. The summed E-state index contributed by atoms with van der Waals surface area (Å²) in [5.41, 5.74) is 0.250. The molecule has 0 saturated heterocycles. The van der Waals surface area contributed by atoms with Crippen molar-refractivity contribution in [1.29, 1.82) is 0 Å². The lowest BCUT2D eigenvalue weighted by Gasteiger charge is -2.06. The maximum absolute atomic E-state index is 13.0. The third kappa shape index (κ3) is 3.25. The van der Waals surface area contributed by atoms with E-state index in [-0.39, 0.29) is 5.41 Å². The van der Waals surface area contributed by atoms with Crippen LogP contribution in [-0.2, 0) is 0 Å². The third-order valence-electron chi connectivity index (χ3n) is 1.33. The Hall–Kier alpha value is -1.36. The van der Waals surface area contributed by atoms with Crippen molar-refractivity contribution in [2.45, 2.75) is 20.8 Å². The molecule has 0 fully saturated rings. The van der Waals surface area contributed by atoms with E-state index in [9.17, 15) is 4.39 Å². The van der Waals surface area contributed by atoms with Crippen molar-refractivity contribution in [2.24, 2.45) is 5.41 Å². The zero-order valence-electron chi connectivity index (χ0n) is 8.06. The largest absolute Gasteiger partial charge is 0.228 e. The van der Waals surface area contributed by atoms with Crippen molar-refractivity contribution >= 4 is 0 Å². The molecular formula is C11H12FN. The van der Waals surface area contributed by atoms with Gasteiger partial charge >= 0.3 is 0 Å². The predicted octanol–water partition coefficient (Wildman–Crippen LogP) is 2.62. The van der Waals surface area contributed by atoms with Crippen LogP contribution in [0.15, 0.2) is 18.3 Å². The summed E-state index contributed by atoms with van der Waals surface area (Å²) in [5, 5.41) is 0. The Morgan fingerprint density at radius 1 is 1.38 bits per heavy atom.